The maximum absolute atomic E-state index is 8.67. The summed E-state index contributed by atoms with van der Waals surface area (Å²) < 4.78 is 1.15. The standard InChI is InChI=1S/C14H9N5S/c15-7-10-5-6-13(16-8-10)19-17-9-14-18-11-3-1-2-4-12(11)20-14/h1-6,8H,9H2. The van der Waals surface area contributed by atoms with Crippen molar-refractivity contribution >= 4 is 27.4 Å². The van der Waals surface area contributed by atoms with Crippen LogP contribution in [0.4, 0.5) is 5.82 Å². The number of hydrogen-bond acceptors (Lipinski definition) is 6. The van der Waals surface area contributed by atoms with Crippen molar-refractivity contribution in [3.05, 3.63) is 53.2 Å². The molecule has 3 rings (SSSR count). The molecule has 0 unspecified atom stereocenters. The van der Waals surface area contributed by atoms with Gasteiger partial charge in [-0.3, -0.25) is 0 Å². The first-order valence-electron chi connectivity index (χ1n) is 5.93. The average molecular weight is 279 g/mol. The molecule has 0 bridgehead atoms. The minimum Gasteiger partial charge on any atom is -0.239 e. The van der Waals surface area contributed by atoms with E-state index in [9.17, 15) is 0 Å². The maximum atomic E-state index is 8.67. The first-order chi connectivity index (χ1) is 9.85. The van der Waals surface area contributed by atoms with Crippen molar-refractivity contribution in [2.24, 2.45) is 10.2 Å². The molecule has 0 aliphatic heterocycles. The monoisotopic (exact) mass is 279 g/mol. The number of nitrogens with zero attached hydrogens (tertiary/aromatic N) is 5. The first kappa shape index (κ1) is 12.4. The van der Waals surface area contributed by atoms with E-state index < -0.39 is 0 Å². The molecular weight excluding hydrogens is 270 g/mol. The predicted octanol–water partition coefficient (Wildman–Crippen LogP) is 3.85. The molecule has 3 aromatic rings. The Morgan fingerprint density at radius 1 is 1.20 bits per heavy atom. The van der Waals surface area contributed by atoms with Gasteiger partial charge in [-0.25, -0.2) is 9.97 Å². The van der Waals surface area contributed by atoms with Crippen LogP contribution in [0.3, 0.4) is 0 Å². The fourth-order valence-corrected chi connectivity index (χ4v) is 2.55. The topological polar surface area (TPSA) is 74.3 Å². The molecule has 0 spiro atoms. The number of fused-ring (bicyclic) bond motifs is 1. The fourth-order valence-electron chi connectivity index (χ4n) is 1.67. The number of pyridine rings is 1. The van der Waals surface area contributed by atoms with Gasteiger partial charge in [0.25, 0.3) is 0 Å². The Morgan fingerprint density at radius 3 is 2.85 bits per heavy atom. The van der Waals surface area contributed by atoms with Gasteiger partial charge < -0.3 is 0 Å². The van der Waals surface area contributed by atoms with Crippen molar-refractivity contribution < 1.29 is 0 Å². The molecule has 0 N–H and O–H groups in total. The summed E-state index contributed by atoms with van der Waals surface area (Å²) in [7, 11) is 0. The molecule has 6 heteroatoms. The molecule has 0 atom stereocenters. The van der Waals surface area contributed by atoms with Crippen LogP contribution in [0, 0.1) is 11.3 Å². The quantitative estimate of drug-likeness (QED) is 0.683. The van der Waals surface area contributed by atoms with Crippen molar-refractivity contribution in [1.82, 2.24) is 9.97 Å². The summed E-state index contributed by atoms with van der Waals surface area (Å²) in [4.78, 5) is 8.50. The summed E-state index contributed by atoms with van der Waals surface area (Å²) in [6.45, 7) is 0.432. The van der Waals surface area contributed by atoms with Crippen LogP contribution in [0.5, 0.6) is 0 Å². The molecule has 20 heavy (non-hydrogen) atoms. The third kappa shape index (κ3) is 2.68. The summed E-state index contributed by atoms with van der Waals surface area (Å²) in [6.07, 6.45) is 1.48. The highest BCUT2D eigenvalue weighted by Crippen LogP contribution is 2.22. The Bertz CT molecular complexity index is 765. The van der Waals surface area contributed by atoms with Crippen molar-refractivity contribution in [2.45, 2.75) is 6.54 Å². The van der Waals surface area contributed by atoms with E-state index in [0.29, 0.717) is 17.9 Å². The molecule has 0 radical (unpaired) electrons. The zero-order chi connectivity index (χ0) is 13.8. The van der Waals surface area contributed by atoms with Gasteiger partial charge in [-0.1, -0.05) is 12.1 Å². The van der Waals surface area contributed by atoms with Crippen LogP contribution < -0.4 is 0 Å². The lowest BCUT2D eigenvalue weighted by atomic mass is 10.3. The van der Waals surface area contributed by atoms with Crippen LogP contribution in [0.25, 0.3) is 10.2 Å². The van der Waals surface area contributed by atoms with Gasteiger partial charge in [-0.05, 0) is 24.3 Å². The Kier molecular flexibility index (Phi) is 3.44. The smallest absolute Gasteiger partial charge is 0.174 e. The largest absolute Gasteiger partial charge is 0.239 e. The van der Waals surface area contributed by atoms with Crippen LogP contribution in [-0.4, -0.2) is 9.97 Å². The third-order valence-electron chi connectivity index (χ3n) is 2.59. The molecular formula is C14H9N5S. The van der Waals surface area contributed by atoms with Crippen LogP contribution in [0.1, 0.15) is 10.6 Å². The molecule has 1 aromatic carbocycles. The van der Waals surface area contributed by atoms with Gasteiger partial charge in [0.05, 0.1) is 15.8 Å². The van der Waals surface area contributed by atoms with Gasteiger partial charge in [0.1, 0.15) is 17.6 Å². The normalized spacial score (nSPS) is 10.9. The third-order valence-corrected chi connectivity index (χ3v) is 3.62. The van der Waals surface area contributed by atoms with E-state index in [-0.39, 0.29) is 0 Å². The molecule has 0 saturated heterocycles. The molecule has 0 fully saturated rings. The zero-order valence-electron chi connectivity index (χ0n) is 10.4. The van der Waals surface area contributed by atoms with Crippen molar-refractivity contribution in [1.29, 1.82) is 5.26 Å². The molecule has 2 heterocycles. The summed E-state index contributed by atoms with van der Waals surface area (Å²) in [5.74, 6) is 0.491. The van der Waals surface area contributed by atoms with Crippen molar-refractivity contribution in [2.75, 3.05) is 0 Å². The van der Waals surface area contributed by atoms with Crippen LogP contribution in [0.15, 0.2) is 52.8 Å². The number of para-hydroxylation sites is 1. The zero-order valence-corrected chi connectivity index (χ0v) is 11.2. The van der Waals surface area contributed by atoms with E-state index in [1.165, 1.54) is 6.20 Å². The van der Waals surface area contributed by atoms with E-state index in [2.05, 4.69) is 20.2 Å². The van der Waals surface area contributed by atoms with Gasteiger partial charge in [0.2, 0.25) is 0 Å². The van der Waals surface area contributed by atoms with Gasteiger partial charge >= 0.3 is 0 Å². The van der Waals surface area contributed by atoms with Crippen LogP contribution in [-0.2, 0) is 6.54 Å². The Labute approximate surface area is 119 Å². The van der Waals surface area contributed by atoms with E-state index in [4.69, 9.17) is 5.26 Å². The number of hydrogen-bond donors (Lipinski definition) is 0. The lowest BCUT2D eigenvalue weighted by Gasteiger charge is -1.91. The van der Waals surface area contributed by atoms with E-state index in [0.717, 1.165) is 15.2 Å². The number of aromatic nitrogens is 2. The number of nitriles is 1. The van der Waals surface area contributed by atoms with Gasteiger partial charge in [-0.15, -0.1) is 16.5 Å². The SMILES string of the molecule is N#Cc1ccc(N=NCc2nc3ccccc3s2)nc1. The van der Waals surface area contributed by atoms with E-state index in [1.54, 1.807) is 23.5 Å². The Balaban J connectivity index is 1.71. The second-order valence-corrected chi connectivity index (χ2v) is 5.11. The number of thiazole rings is 1. The molecule has 2 aromatic heterocycles. The van der Waals surface area contributed by atoms with E-state index >= 15 is 0 Å². The van der Waals surface area contributed by atoms with Crippen molar-refractivity contribution in [3.8, 4) is 6.07 Å². The Morgan fingerprint density at radius 2 is 2.10 bits per heavy atom. The van der Waals surface area contributed by atoms with Crippen molar-refractivity contribution in [3.63, 3.8) is 0 Å². The fraction of sp³-hybridized carbons (Fsp3) is 0.0714. The minimum atomic E-state index is 0.432. The van der Waals surface area contributed by atoms with Crippen LogP contribution in [0.2, 0.25) is 0 Å². The predicted molar refractivity (Wildman–Crippen MR) is 76.8 cm³/mol. The summed E-state index contributed by atoms with van der Waals surface area (Å²) in [5.41, 5.74) is 1.49. The van der Waals surface area contributed by atoms with Crippen LogP contribution >= 0.6 is 11.3 Å². The highest BCUT2D eigenvalue weighted by molar-refractivity contribution is 7.18. The Hall–Kier alpha value is -2.65. The lowest BCUT2D eigenvalue weighted by Crippen LogP contribution is -1.79. The van der Waals surface area contributed by atoms with E-state index in [1.807, 2.05) is 30.3 Å². The number of azo groups is 1. The first-order valence-corrected chi connectivity index (χ1v) is 6.75. The molecule has 0 aliphatic carbocycles. The summed E-state index contributed by atoms with van der Waals surface area (Å²) in [5, 5.41) is 17.7. The minimum absolute atomic E-state index is 0.432. The van der Waals surface area contributed by atoms with Gasteiger partial charge in [0, 0.05) is 6.20 Å². The number of benzene rings is 1. The maximum Gasteiger partial charge on any atom is 0.174 e. The molecule has 96 valence electrons. The average Bonchev–Trinajstić information content (AvgIpc) is 2.90. The molecule has 5 nitrogen and oxygen atoms in total. The van der Waals surface area contributed by atoms with Gasteiger partial charge in [0.15, 0.2) is 5.82 Å². The molecule has 0 amide bonds. The molecule has 0 saturated carbocycles. The second kappa shape index (κ2) is 5.55. The summed E-state index contributed by atoms with van der Waals surface area (Å²) >= 11 is 1.61. The highest BCUT2D eigenvalue weighted by Gasteiger charge is 2.01. The number of rotatable bonds is 3. The second-order valence-electron chi connectivity index (χ2n) is 3.99. The molecule has 0 aliphatic rings. The van der Waals surface area contributed by atoms with Gasteiger partial charge in [-0.2, -0.15) is 10.4 Å². The summed E-state index contributed by atoms with van der Waals surface area (Å²) in [6, 6.07) is 13.3. The lowest BCUT2D eigenvalue weighted by molar-refractivity contribution is 0.937. The highest BCUT2D eigenvalue weighted by atomic mass is 32.1.